The minimum atomic E-state index is -3.55. The lowest BCUT2D eigenvalue weighted by atomic mass is 10.2. The zero-order chi connectivity index (χ0) is 13.6. The summed E-state index contributed by atoms with van der Waals surface area (Å²) in [6.45, 7) is -0.283. The normalized spacial score (nSPS) is 10.7. The first-order valence-electron chi connectivity index (χ1n) is 5.14. The van der Waals surface area contributed by atoms with Crippen LogP contribution >= 0.6 is 0 Å². The molecule has 0 aliphatic heterocycles. The van der Waals surface area contributed by atoms with Crippen LogP contribution in [0.2, 0.25) is 0 Å². The Morgan fingerprint density at radius 3 is 2.44 bits per heavy atom. The monoisotopic (exact) mass is 267 g/mol. The molecule has 0 spiro atoms. The standard InChI is InChI=1S/C11H13N3O3S/c1-13-11(15)7-14-18(16,17)8-10-4-2-9(6-12)3-5-10/h2-5,14H,7-8H2,1H3,(H,13,15). The van der Waals surface area contributed by atoms with Gasteiger partial charge >= 0.3 is 0 Å². The van der Waals surface area contributed by atoms with Gasteiger partial charge in [0.15, 0.2) is 0 Å². The van der Waals surface area contributed by atoms with Gasteiger partial charge < -0.3 is 5.32 Å². The highest BCUT2D eigenvalue weighted by molar-refractivity contribution is 7.88. The van der Waals surface area contributed by atoms with E-state index in [1.54, 1.807) is 24.3 Å². The molecule has 1 aromatic carbocycles. The van der Waals surface area contributed by atoms with Gasteiger partial charge in [-0.25, -0.2) is 13.1 Å². The van der Waals surface area contributed by atoms with E-state index in [2.05, 4.69) is 10.0 Å². The molecule has 0 bridgehead atoms. The molecule has 0 aliphatic carbocycles. The highest BCUT2D eigenvalue weighted by Crippen LogP contribution is 2.06. The van der Waals surface area contributed by atoms with Gasteiger partial charge in [-0.3, -0.25) is 4.79 Å². The Labute approximate surface area is 106 Å². The lowest BCUT2D eigenvalue weighted by molar-refractivity contribution is -0.119. The number of benzene rings is 1. The van der Waals surface area contributed by atoms with Gasteiger partial charge in [-0.15, -0.1) is 0 Å². The van der Waals surface area contributed by atoms with Gasteiger partial charge in [-0.1, -0.05) is 12.1 Å². The second-order valence-electron chi connectivity index (χ2n) is 3.56. The van der Waals surface area contributed by atoms with Gasteiger partial charge in [0.2, 0.25) is 15.9 Å². The van der Waals surface area contributed by atoms with E-state index < -0.39 is 15.9 Å². The second kappa shape index (κ2) is 6.14. The van der Waals surface area contributed by atoms with Crippen LogP contribution in [0.3, 0.4) is 0 Å². The summed E-state index contributed by atoms with van der Waals surface area (Å²) >= 11 is 0. The van der Waals surface area contributed by atoms with Crippen LogP contribution in [0.15, 0.2) is 24.3 Å². The smallest absolute Gasteiger partial charge is 0.234 e. The highest BCUT2D eigenvalue weighted by Gasteiger charge is 2.12. The SMILES string of the molecule is CNC(=O)CNS(=O)(=O)Cc1ccc(C#N)cc1. The van der Waals surface area contributed by atoms with Crippen LogP contribution in [0.5, 0.6) is 0 Å². The maximum atomic E-state index is 11.6. The summed E-state index contributed by atoms with van der Waals surface area (Å²) in [4.78, 5) is 10.9. The number of carbonyl (C=O) groups is 1. The molecular formula is C11H13N3O3S. The van der Waals surface area contributed by atoms with Crippen molar-refractivity contribution in [3.8, 4) is 6.07 Å². The van der Waals surface area contributed by atoms with Gasteiger partial charge in [0.05, 0.1) is 23.9 Å². The Bertz CT molecular complexity index is 558. The second-order valence-corrected chi connectivity index (χ2v) is 5.37. The Kier molecular flexibility index (Phi) is 4.83. The van der Waals surface area contributed by atoms with E-state index in [0.717, 1.165) is 0 Å². The first kappa shape index (κ1) is 14.2. The van der Waals surface area contributed by atoms with Crippen molar-refractivity contribution >= 4 is 15.9 Å². The van der Waals surface area contributed by atoms with E-state index in [4.69, 9.17) is 5.26 Å². The summed E-state index contributed by atoms with van der Waals surface area (Å²) in [6, 6.07) is 8.17. The third-order valence-corrected chi connectivity index (χ3v) is 3.47. The predicted octanol–water partition coefficient (Wildman–Crippen LogP) is -0.276. The number of nitrogens with zero attached hydrogens (tertiary/aromatic N) is 1. The summed E-state index contributed by atoms with van der Waals surface area (Å²) in [6.07, 6.45) is 0. The molecule has 1 rings (SSSR count). The molecule has 0 unspecified atom stereocenters. The van der Waals surface area contributed by atoms with Crippen LogP contribution in [0.4, 0.5) is 0 Å². The molecule has 96 valence electrons. The van der Waals surface area contributed by atoms with Gasteiger partial charge in [0, 0.05) is 7.05 Å². The molecule has 0 fully saturated rings. The topological polar surface area (TPSA) is 99.1 Å². The molecule has 1 aromatic rings. The molecule has 0 heterocycles. The number of hydrogen-bond donors (Lipinski definition) is 2. The van der Waals surface area contributed by atoms with Crippen LogP contribution in [-0.2, 0) is 20.6 Å². The number of amides is 1. The molecule has 0 saturated heterocycles. The van der Waals surface area contributed by atoms with E-state index in [0.29, 0.717) is 11.1 Å². The van der Waals surface area contributed by atoms with Crippen molar-refractivity contribution in [2.24, 2.45) is 0 Å². The largest absolute Gasteiger partial charge is 0.358 e. The third kappa shape index (κ3) is 4.53. The summed E-state index contributed by atoms with van der Waals surface area (Å²) in [5.74, 6) is -0.631. The van der Waals surface area contributed by atoms with Crippen LogP contribution in [0.25, 0.3) is 0 Å². The molecule has 1 amide bonds. The fourth-order valence-corrected chi connectivity index (χ4v) is 2.29. The molecule has 0 atom stereocenters. The lowest BCUT2D eigenvalue weighted by Gasteiger charge is -2.06. The van der Waals surface area contributed by atoms with Gasteiger partial charge in [0.25, 0.3) is 0 Å². The summed E-state index contributed by atoms with van der Waals surface area (Å²) in [5.41, 5.74) is 1.02. The average Bonchev–Trinajstić information content (AvgIpc) is 2.36. The van der Waals surface area contributed by atoms with Crippen LogP contribution in [-0.4, -0.2) is 27.9 Å². The summed E-state index contributed by atoms with van der Waals surface area (Å²) in [7, 11) is -2.13. The van der Waals surface area contributed by atoms with Gasteiger partial charge in [-0.2, -0.15) is 5.26 Å². The summed E-state index contributed by atoms with van der Waals surface area (Å²) in [5, 5.41) is 10.9. The number of carbonyl (C=O) groups excluding carboxylic acids is 1. The molecular weight excluding hydrogens is 254 g/mol. The Morgan fingerprint density at radius 1 is 1.33 bits per heavy atom. The maximum Gasteiger partial charge on any atom is 0.234 e. The average molecular weight is 267 g/mol. The molecule has 6 nitrogen and oxygen atoms in total. The predicted molar refractivity (Wildman–Crippen MR) is 65.9 cm³/mol. The summed E-state index contributed by atoms with van der Waals surface area (Å²) < 4.78 is 25.4. The van der Waals surface area contributed by atoms with Crippen molar-refractivity contribution in [3.63, 3.8) is 0 Å². The number of nitrogens with one attached hydrogen (secondary N) is 2. The first-order chi connectivity index (χ1) is 8.46. The molecule has 2 N–H and O–H groups in total. The van der Waals surface area contributed by atoms with Crippen molar-refractivity contribution < 1.29 is 13.2 Å². The maximum absolute atomic E-state index is 11.6. The minimum Gasteiger partial charge on any atom is -0.358 e. The fraction of sp³-hybridized carbons (Fsp3) is 0.273. The van der Waals surface area contributed by atoms with E-state index in [1.165, 1.54) is 7.05 Å². The lowest BCUT2D eigenvalue weighted by Crippen LogP contribution is -2.35. The Morgan fingerprint density at radius 2 is 1.94 bits per heavy atom. The van der Waals surface area contributed by atoms with E-state index in [-0.39, 0.29) is 12.3 Å². The number of hydrogen-bond acceptors (Lipinski definition) is 4. The number of sulfonamides is 1. The van der Waals surface area contributed by atoms with Crippen molar-refractivity contribution in [3.05, 3.63) is 35.4 Å². The van der Waals surface area contributed by atoms with E-state index >= 15 is 0 Å². The Hall–Kier alpha value is -1.91. The van der Waals surface area contributed by atoms with Crippen LogP contribution in [0.1, 0.15) is 11.1 Å². The molecule has 7 heteroatoms. The first-order valence-corrected chi connectivity index (χ1v) is 6.79. The van der Waals surface area contributed by atoms with Crippen LogP contribution < -0.4 is 10.0 Å². The number of rotatable bonds is 5. The third-order valence-electron chi connectivity index (χ3n) is 2.17. The van der Waals surface area contributed by atoms with Crippen molar-refractivity contribution in [1.29, 1.82) is 5.26 Å². The van der Waals surface area contributed by atoms with E-state index in [1.807, 2.05) is 6.07 Å². The Balaban J connectivity index is 2.65. The van der Waals surface area contributed by atoms with Crippen molar-refractivity contribution in [2.45, 2.75) is 5.75 Å². The zero-order valence-corrected chi connectivity index (χ0v) is 10.6. The molecule has 0 aromatic heterocycles. The molecule has 0 aliphatic rings. The van der Waals surface area contributed by atoms with Crippen molar-refractivity contribution in [2.75, 3.05) is 13.6 Å². The van der Waals surface area contributed by atoms with Crippen LogP contribution in [0, 0.1) is 11.3 Å². The van der Waals surface area contributed by atoms with Gasteiger partial charge in [0.1, 0.15) is 0 Å². The highest BCUT2D eigenvalue weighted by atomic mass is 32.2. The van der Waals surface area contributed by atoms with E-state index in [9.17, 15) is 13.2 Å². The number of likely N-dealkylation sites (N-methyl/N-ethyl adjacent to an activating group) is 1. The number of nitriles is 1. The van der Waals surface area contributed by atoms with Gasteiger partial charge in [-0.05, 0) is 17.7 Å². The fourth-order valence-electron chi connectivity index (χ4n) is 1.21. The van der Waals surface area contributed by atoms with Crippen molar-refractivity contribution in [1.82, 2.24) is 10.0 Å². The molecule has 0 saturated carbocycles. The zero-order valence-electron chi connectivity index (χ0n) is 9.80. The quantitative estimate of drug-likeness (QED) is 0.766. The molecule has 0 radical (unpaired) electrons. The minimum absolute atomic E-state index is 0.226. The molecule has 18 heavy (non-hydrogen) atoms.